The number of nitrogen functional groups attached to an aromatic ring is 1. The van der Waals surface area contributed by atoms with E-state index in [4.69, 9.17) is 10.5 Å². The maximum Gasteiger partial charge on any atom is 0.181 e. The molecule has 5 rings (SSSR count). The molecule has 5 heterocycles. The zero-order chi connectivity index (χ0) is 20.5. The smallest absolute Gasteiger partial charge is 0.181 e. The lowest BCUT2D eigenvalue weighted by Gasteiger charge is -2.28. The molecule has 0 bridgehead atoms. The third-order valence-electron chi connectivity index (χ3n) is 4.93. The zero-order valence-corrected chi connectivity index (χ0v) is 16.4. The first kappa shape index (κ1) is 18.2. The fraction of sp³-hybridized carbons (Fsp3) is 0.333. The lowest BCUT2D eigenvalue weighted by molar-refractivity contribution is 0.303. The summed E-state index contributed by atoms with van der Waals surface area (Å²) in [6.45, 7) is 5.93. The molecule has 154 valence electrons. The Morgan fingerprint density at radius 3 is 2.87 bits per heavy atom. The van der Waals surface area contributed by atoms with Gasteiger partial charge in [-0.1, -0.05) is 5.21 Å². The summed E-state index contributed by atoms with van der Waals surface area (Å²) in [6.07, 6.45) is 1.78. The molecule has 0 radical (unpaired) electrons. The fourth-order valence-electron chi connectivity index (χ4n) is 3.32. The molecular formula is C18H21N11O. The van der Waals surface area contributed by atoms with Crippen molar-refractivity contribution in [2.45, 2.75) is 13.5 Å². The number of aromatic amines is 1. The number of aromatic nitrogens is 8. The zero-order valence-electron chi connectivity index (χ0n) is 16.4. The topological polar surface area (TPSA) is 149 Å². The van der Waals surface area contributed by atoms with Crippen LogP contribution in [0.15, 0.2) is 24.4 Å². The average Bonchev–Trinajstić information content (AvgIpc) is 3.39. The number of nitrogens with two attached hydrogens (primary N) is 1. The van der Waals surface area contributed by atoms with Crippen molar-refractivity contribution in [3.8, 4) is 11.4 Å². The summed E-state index contributed by atoms with van der Waals surface area (Å²) < 4.78 is 5.89. The SMILES string of the molecule is Cc1nn(-c2ccc(N3CCNCC3)nc2)nc1COc1cc(N)nc2[nH]nnc12. The molecular weight excluding hydrogens is 386 g/mol. The highest BCUT2D eigenvalue weighted by molar-refractivity contribution is 5.78. The molecule has 4 aromatic heterocycles. The minimum absolute atomic E-state index is 0.212. The first-order valence-electron chi connectivity index (χ1n) is 9.62. The molecule has 12 heteroatoms. The van der Waals surface area contributed by atoms with Crippen molar-refractivity contribution in [3.05, 3.63) is 35.8 Å². The second-order valence-corrected chi connectivity index (χ2v) is 6.98. The number of ether oxygens (including phenoxy) is 1. The second-order valence-electron chi connectivity index (χ2n) is 6.98. The van der Waals surface area contributed by atoms with Crippen molar-refractivity contribution < 1.29 is 4.74 Å². The van der Waals surface area contributed by atoms with Crippen LogP contribution in [0.4, 0.5) is 11.6 Å². The quantitative estimate of drug-likeness (QED) is 0.419. The van der Waals surface area contributed by atoms with E-state index in [1.807, 2.05) is 19.1 Å². The van der Waals surface area contributed by atoms with Gasteiger partial charge in [0.25, 0.3) is 0 Å². The highest BCUT2D eigenvalue weighted by Crippen LogP contribution is 2.24. The van der Waals surface area contributed by atoms with Gasteiger partial charge in [0, 0.05) is 32.2 Å². The monoisotopic (exact) mass is 407 g/mol. The number of anilines is 2. The maximum absolute atomic E-state index is 5.89. The van der Waals surface area contributed by atoms with E-state index in [0.717, 1.165) is 43.4 Å². The van der Waals surface area contributed by atoms with E-state index in [1.165, 1.54) is 0 Å². The summed E-state index contributed by atoms with van der Waals surface area (Å²) in [6, 6.07) is 5.58. The number of nitrogens with zero attached hydrogens (tertiary/aromatic N) is 8. The molecule has 4 aromatic rings. The molecule has 0 atom stereocenters. The summed E-state index contributed by atoms with van der Waals surface area (Å²) in [4.78, 5) is 12.5. The van der Waals surface area contributed by atoms with Gasteiger partial charge in [-0.25, -0.2) is 15.1 Å². The summed E-state index contributed by atoms with van der Waals surface area (Å²) in [5.74, 6) is 1.77. The number of aryl methyl sites for hydroxylation is 1. The molecule has 30 heavy (non-hydrogen) atoms. The van der Waals surface area contributed by atoms with Crippen molar-refractivity contribution in [3.63, 3.8) is 0 Å². The fourth-order valence-corrected chi connectivity index (χ4v) is 3.32. The van der Waals surface area contributed by atoms with Gasteiger partial charge in [0.2, 0.25) is 0 Å². The van der Waals surface area contributed by atoms with Crippen LogP contribution in [0.1, 0.15) is 11.4 Å². The van der Waals surface area contributed by atoms with Crippen LogP contribution < -0.4 is 20.7 Å². The Labute approximate surface area is 171 Å². The van der Waals surface area contributed by atoms with Gasteiger partial charge >= 0.3 is 0 Å². The van der Waals surface area contributed by atoms with Gasteiger partial charge < -0.3 is 20.7 Å². The highest BCUT2D eigenvalue weighted by Gasteiger charge is 2.15. The number of hydrogen-bond donors (Lipinski definition) is 3. The van der Waals surface area contributed by atoms with Gasteiger partial charge in [-0.3, -0.25) is 0 Å². The Morgan fingerprint density at radius 2 is 2.07 bits per heavy atom. The average molecular weight is 407 g/mol. The van der Waals surface area contributed by atoms with Crippen molar-refractivity contribution in [1.82, 2.24) is 45.7 Å². The number of rotatable bonds is 5. The van der Waals surface area contributed by atoms with Crippen LogP contribution in [-0.2, 0) is 6.61 Å². The van der Waals surface area contributed by atoms with E-state index in [9.17, 15) is 0 Å². The molecule has 1 aliphatic rings. The largest absolute Gasteiger partial charge is 0.485 e. The molecule has 0 spiro atoms. The number of hydrogen-bond acceptors (Lipinski definition) is 10. The summed E-state index contributed by atoms with van der Waals surface area (Å²) in [7, 11) is 0. The molecule has 1 saturated heterocycles. The van der Waals surface area contributed by atoms with E-state index in [2.05, 4.69) is 45.8 Å². The Morgan fingerprint density at radius 1 is 1.20 bits per heavy atom. The first-order chi connectivity index (χ1) is 14.7. The number of nitrogens with one attached hydrogen (secondary N) is 2. The van der Waals surface area contributed by atoms with Gasteiger partial charge in [-0.05, 0) is 19.1 Å². The van der Waals surface area contributed by atoms with Crippen LogP contribution >= 0.6 is 0 Å². The summed E-state index contributed by atoms with van der Waals surface area (Å²) in [5.41, 5.74) is 9.06. The second kappa shape index (κ2) is 7.55. The van der Waals surface area contributed by atoms with Crippen molar-refractivity contribution in [2.24, 2.45) is 0 Å². The van der Waals surface area contributed by atoms with Gasteiger partial charge in [-0.2, -0.15) is 5.10 Å². The van der Waals surface area contributed by atoms with E-state index < -0.39 is 0 Å². The predicted molar refractivity (Wildman–Crippen MR) is 109 cm³/mol. The minimum atomic E-state index is 0.212. The molecule has 0 aliphatic carbocycles. The summed E-state index contributed by atoms with van der Waals surface area (Å²) in [5, 5.41) is 22.8. The van der Waals surface area contributed by atoms with Gasteiger partial charge in [0.1, 0.15) is 29.6 Å². The normalized spacial score (nSPS) is 14.4. The van der Waals surface area contributed by atoms with Crippen LogP contribution in [0.25, 0.3) is 16.9 Å². The summed E-state index contributed by atoms with van der Waals surface area (Å²) >= 11 is 0. The van der Waals surface area contributed by atoms with Crippen molar-refractivity contribution >= 4 is 22.8 Å². The predicted octanol–water partition coefficient (Wildman–Crippen LogP) is 0.208. The lowest BCUT2D eigenvalue weighted by Crippen LogP contribution is -2.43. The molecule has 1 aliphatic heterocycles. The highest BCUT2D eigenvalue weighted by atomic mass is 16.5. The van der Waals surface area contributed by atoms with Crippen LogP contribution in [0.3, 0.4) is 0 Å². The lowest BCUT2D eigenvalue weighted by atomic mass is 10.3. The van der Waals surface area contributed by atoms with E-state index in [0.29, 0.717) is 28.4 Å². The maximum atomic E-state index is 5.89. The number of fused-ring (bicyclic) bond motifs is 1. The van der Waals surface area contributed by atoms with Crippen molar-refractivity contribution in [1.29, 1.82) is 0 Å². The van der Waals surface area contributed by atoms with Crippen LogP contribution in [0, 0.1) is 6.92 Å². The Balaban J connectivity index is 1.32. The molecule has 0 saturated carbocycles. The molecule has 0 aromatic carbocycles. The van der Waals surface area contributed by atoms with Crippen LogP contribution in [0.2, 0.25) is 0 Å². The number of H-pyrrole nitrogens is 1. The molecule has 0 amide bonds. The molecule has 12 nitrogen and oxygen atoms in total. The van der Waals surface area contributed by atoms with Gasteiger partial charge in [-0.15, -0.1) is 15.0 Å². The number of piperazine rings is 1. The standard InChI is InChI=1S/C18H21N11O/c1-11-13(10-30-14-8-15(19)22-18-17(14)23-27-24-18)26-29(25-11)12-2-3-16(21-9-12)28-6-4-20-5-7-28/h2-3,8-9,20H,4-7,10H2,1H3,(H3,19,22,23,24,27). The van der Waals surface area contributed by atoms with E-state index in [-0.39, 0.29) is 6.61 Å². The third-order valence-corrected chi connectivity index (χ3v) is 4.93. The van der Waals surface area contributed by atoms with Crippen LogP contribution in [0.5, 0.6) is 5.75 Å². The minimum Gasteiger partial charge on any atom is -0.485 e. The van der Waals surface area contributed by atoms with Crippen LogP contribution in [-0.4, -0.2) is 66.6 Å². The van der Waals surface area contributed by atoms with Crippen molar-refractivity contribution in [2.75, 3.05) is 36.8 Å². The van der Waals surface area contributed by atoms with Gasteiger partial charge in [0.15, 0.2) is 16.9 Å². The Hall–Kier alpha value is -3.80. The number of pyridine rings is 2. The Bertz CT molecular complexity index is 1160. The van der Waals surface area contributed by atoms with Gasteiger partial charge in [0.05, 0.1) is 11.9 Å². The first-order valence-corrected chi connectivity index (χ1v) is 9.62. The third kappa shape index (κ3) is 3.48. The van der Waals surface area contributed by atoms with E-state index in [1.54, 1.807) is 17.1 Å². The molecule has 0 unspecified atom stereocenters. The Kier molecular flexibility index (Phi) is 4.59. The van der Waals surface area contributed by atoms with E-state index >= 15 is 0 Å². The molecule has 1 fully saturated rings. The molecule has 4 N–H and O–H groups in total.